The van der Waals surface area contributed by atoms with E-state index >= 15 is 0 Å². The summed E-state index contributed by atoms with van der Waals surface area (Å²) < 4.78 is 5.55. The van der Waals surface area contributed by atoms with Crippen molar-refractivity contribution in [2.24, 2.45) is 0 Å². The molecule has 3 rings (SSSR count). The molecule has 128 valence electrons. The average molecular weight is 336 g/mol. The van der Waals surface area contributed by atoms with E-state index in [4.69, 9.17) is 9.84 Å². The van der Waals surface area contributed by atoms with E-state index in [0.717, 1.165) is 16.5 Å². The van der Waals surface area contributed by atoms with E-state index < -0.39 is 0 Å². The molecule has 0 aliphatic heterocycles. The normalized spacial score (nSPS) is 10.6. The maximum absolute atomic E-state index is 12.7. The number of likely N-dealkylation sites (N-methyl/N-ethyl adjacent to an activating group) is 1. The number of aliphatic hydroxyl groups is 1. The van der Waals surface area contributed by atoms with E-state index in [1.165, 1.54) is 6.20 Å². The van der Waals surface area contributed by atoms with Gasteiger partial charge in [-0.25, -0.2) is 0 Å². The van der Waals surface area contributed by atoms with Gasteiger partial charge in [0, 0.05) is 11.9 Å². The quantitative estimate of drug-likeness (QED) is 0.751. The van der Waals surface area contributed by atoms with Gasteiger partial charge in [-0.3, -0.25) is 9.78 Å². The van der Waals surface area contributed by atoms with Crippen molar-refractivity contribution < 1.29 is 14.6 Å². The number of carbonyl (C=O) groups is 1. The molecule has 0 fully saturated rings. The fraction of sp³-hybridized carbons (Fsp3) is 0.200. The molecule has 5 nitrogen and oxygen atoms in total. The van der Waals surface area contributed by atoms with Gasteiger partial charge in [0.1, 0.15) is 5.75 Å². The fourth-order valence-electron chi connectivity index (χ4n) is 2.74. The maximum Gasteiger partial charge on any atom is 0.264 e. The summed E-state index contributed by atoms with van der Waals surface area (Å²) in [4.78, 5) is 18.4. The Morgan fingerprint density at radius 1 is 1.12 bits per heavy atom. The van der Waals surface area contributed by atoms with Crippen molar-refractivity contribution >= 4 is 22.4 Å². The Labute approximate surface area is 146 Å². The Bertz CT molecular complexity index is 857. The highest BCUT2D eigenvalue weighted by molar-refractivity contribution is 6.04. The molecule has 0 saturated heterocycles. The van der Waals surface area contributed by atoms with E-state index in [2.05, 4.69) is 4.98 Å². The number of carbonyl (C=O) groups excluding carboxylic acids is 1. The molecule has 0 unspecified atom stereocenters. The lowest BCUT2D eigenvalue weighted by Crippen LogP contribution is -2.34. The van der Waals surface area contributed by atoms with Gasteiger partial charge in [-0.2, -0.15) is 0 Å². The van der Waals surface area contributed by atoms with Crippen LogP contribution < -0.4 is 9.64 Å². The smallest absolute Gasteiger partial charge is 0.264 e. The minimum atomic E-state index is -0.121. The first kappa shape index (κ1) is 16.9. The molecule has 1 amide bonds. The zero-order valence-corrected chi connectivity index (χ0v) is 14.1. The number of pyridine rings is 1. The number of fused-ring (bicyclic) bond motifs is 1. The van der Waals surface area contributed by atoms with Gasteiger partial charge in [-0.1, -0.05) is 36.4 Å². The summed E-state index contributed by atoms with van der Waals surface area (Å²) in [7, 11) is 0. The summed E-state index contributed by atoms with van der Waals surface area (Å²) in [6.45, 7) is 2.30. The number of hydrogen-bond donors (Lipinski definition) is 1. The molecule has 2 aromatic carbocycles. The summed E-state index contributed by atoms with van der Waals surface area (Å²) in [6, 6.07) is 17.3. The van der Waals surface area contributed by atoms with Crippen molar-refractivity contribution in [2.45, 2.75) is 13.5 Å². The Morgan fingerprint density at radius 3 is 2.64 bits per heavy atom. The number of ether oxygens (including phenoxy) is 1. The number of benzene rings is 2. The highest BCUT2D eigenvalue weighted by Gasteiger charge is 2.16. The summed E-state index contributed by atoms with van der Waals surface area (Å²) in [5, 5.41) is 11.1. The van der Waals surface area contributed by atoms with Crippen molar-refractivity contribution in [1.82, 2.24) is 4.98 Å². The van der Waals surface area contributed by atoms with Crippen LogP contribution >= 0.6 is 0 Å². The predicted octanol–water partition coefficient (Wildman–Crippen LogP) is 3.16. The zero-order valence-electron chi connectivity index (χ0n) is 14.1. The van der Waals surface area contributed by atoms with Gasteiger partial charge in [0.15, 0.2) is 6.61 Å². The van der Waals surface area contributed by atoms with Gasteiger partial charge in [0.2, 0.25) is 0 Å². The van der Waals surface area contributed by atoms with Crippen LogP contribution in [0.3, 0.4) is 0 Å². The van der Waals surface area contributed by atoms with Gasteiger partial charge >= 0.3 is 0 Å². The average Bonchev–Trinajstić information content (AvgIpc) is 2.67. The Balaban J connectivity index is 1.76. The molecule has 0 bridgehead atoms. The fourth-order valence-corrected chi connectivity index (χ4v) is 2.74. The van der Waals surface area contributed by atoms with Crippen molar-refractivity contribution in [1.29, 1.82) is 0 Å². The first-order chi connectivity index (χ1) is 12.2. The van der Waals surface area contributed by atoms with Crippen LogP contribution in [0.25, 0.3) is 10.8 Å². The Morgan fingerprint density at radius 2 is 1.92 bits per heavy atom. The summed E-state index contributed by atoms with van der Waals surface area (Å²) in [5.41, 5.74) is 1.44. The number of aliphatic hydroxyl groups excluding tert-OH is 1. The molecule has 5 heteroatoms. The Kier molecular flexibility index (Phi) is 5.26. The summed E-state index contributed by atoms with van der Waals surface area (Å²) in [6.07, 6.45) is 1.51. The second-order valence-corrected chi connectivity index (χ2v) is 5.57. The number of hydrogen-bond acceptors (Lipinski definition) is 4. The van der Waals surface area contributed by atoms with Gasteiger partial charge in [0.25, 0.3) is 5.91 Å². The van der Waals surface area contributed by atoms with E-state index in [9.17, 15) is 4.79 Å². The monoisotopic (exact) mass is 336 g/mol. The van der Waals surface area contributed by atoms with Crippen LogP contribution in [0.15, 0.2) is 60.8 Å². The first-order valence-electron chi connectivity index (χ1n) is 8.19. The van der Waals surface area contributed by atoms with Crippen LogP contribution in [0, 0.1) is 0 Å². The van der Waals surface area contributed by atoms with Crippen molar-refractivity contribution in [3.8, 4) is 5.75 Å². The number of nitrogens with zero attached hydrogens (tertiary/aromatic N) is 2. The lowest BCUT2D eigenvalue weighted by Gasteiger charge is -2.23. The molecule has 25 heavy (non-hydrogen) atoms. The van der Waals surface area contributed by atoms with Crippen LogP contribution in [0.1, 0.15) is 12.6 Å². The van der Waals surface area contributed by atoms with Gasteiger partial charge in [0.05, 0.1) is 24.2 Å². The second-order valence-electron chi connectivity index (χ2n) is 5.57. The van der Waals surface area contributed by atoms with E-state index in [0.29, 0.717) is 18.0 Å². The topological polar surface area (TPSA) is 62.7 Å². The standard InChI is InChI=1S/C20H20N2O3/c1-2-22(19-9-5-7-15-6-3-4-8-18(15)19)20(24)14-25-17-11-10-16(13-23)21-12-17/h3-12,23H,2,13-14H2,1H3. The number of amides is 1. The highest BCUT2D eigenvalue weighted by atomic mass is 16.5. The largest absolute Gasteiger partial charge is 0.482 e. The molecule has 3 aromatic rings. The van der Waals surface area contributed by atoms with Crippen LogP contribution in [0.4, 0.5) is 5.69 Å². The molecule has 0 spiro atoms. The van der Waals surface area contributed by atoms with Gasteiger partial charge < -0.3 is 14.7 Å². The zero-order chi connectivity index (χ0) is 17.6. The second kappa shape index (κ2) is 7.77. The highest BCUT2D eigenvalue weighted by Crippen LogP contribution is 2.26. The molecule has 1 N–H and O–H groups in total. The first-order valence-corrected chi connectivity index (χ1v) is 8.19. The molecule has 0 radical (unpaired) electrons. The van der Waals surface area contributed by atoms with Gasteiger partial charge in [-0.15, -0.1) is 0 Å². The predicted molar refractivity (Wildman–Crippen MR) is 97.6 cm³/mol. The van der Waals surface area contributed by atoms with E-state index in [1.54, 1.807) is 17.0 Å². The van der Waals surface area contributed by atoms with Crippen LogP contribution in [0.5, 0.6) is 5.75 Å². The van der Waals surface area contributed by atoms with Crippen molar-refractivity contribution in [3.05, 3.63) is 66.5 Å². The van der Waals surface area contributed by atoms with Crippen LogP contribution in [-0.2, 0) is 11.4 Å². The molecular formula is C20H20N2O3. The maximum atomic E-state index is 12.7. The Hall–Kier alpha value is -2.92. The van der Waals surface area contributed by atoms with E-state index in [1.807, 2.05) is 49.4 Å². The van der Waals surface area contributed by atoms with Crippen LogP contribution in [-0.4, -0.2) is 29.1 Å². The SMILES string of the molecule is CCN(C(=O)COc1ccc(CO)nc1)c1cccc2ccccc12. The third-order valence-electron chi connectivity index (χ3n) is 4.00. The summed E-state index contributed by atoms with van der Waals surface area (Å²) in [5.74, 6) is 0.379. The minimum absolute atomic E-state index is 0.0722. The van der Waals surface area contributed by atoms with Crippen LogP contribution in [0.2, 0.25) is 0 Å². The minimum Gasteiger partial charge on any atom is -0.482 e. The molecule has 0 aliphatic carbocycles. The molecule has 0 atom stereocenters. The number of anilines is 1. The molecule has 0 saturated carbocycles. The lowest BCUT2D eigenvalue weighted by molar-refractivity contribution is -0.120. The van der Waals surface area contributed by atoms with Gasteiger partial charge in [-0.05, 0) is 30.5 Å². The third kappa shape index (κ3) is 3.78. The van der Waals surface area contributed by atoms with Crippen molar-refractivity contribution in [2.75, 3.05) is 18.1 Å². The molecule has 1 aromatic heterocycles. The van der Waals surface area contributed by atoms with E-state index in [-0.39, 0.29) is 19.1 Å². The number of rotatable bonds is 6. The van der Waals surface area contributed by atoms with Crippen molar-refractivity contribution in [3.63, 3.8) is 0 Å². The molecular weight excluding hydrogens is 316 g/mol. The molecule has 1 heterocycles. The third-order valence-corrected chi connectivity index (χ3v) is 4.00. The number of aromatic nitrogens is 1. The summed E-state index contributed by atoms with van der Waals surface area (Å²) >= 11 is 0. The molecule has 0 aliphatic rings. The lowest BCUT2D eigenvalue weighted by atomic mass is 10.1.